The van der Waals surface area contributed by atoms with Gasteiger partial charge in [-0.25, -0.2) is 0 Å². The minimum Gasteiger partial charge on any atom is -0.508 e. The molecule has 2 nitrogen and oxygen atoms in total. The summed E-state index contributed by atoms with van der Waals surface area (Å²) < 4.78 is 5.91. The number of rotatable bonds is 5. The van der Waals surface area contributed by atoms with Crippen molar-refractivity contribution in [3.8, 4) is 11.5 Å². The Bertz CT molecular complexity index is 847. The van der Waals surface area contributed by atoms with Crippen molar-refractivity contribution < 1.29 is 9.84 Å². The molecule has 0 fully saturated rings. The van der Waals surface area contributed by atoms with Crippen molar-refractivity contribution in [3.05, 3.63) is 95.6 Å². The number of para-hydroxylation sites is 2. The smallest absolute Gasteiger partial charge is 0.122 e. The Morgan fingerprint density at radius 3 is 2.48 bits per heavy atom. The number of hydrogen-bond acceptors (Lipinski definition) is 3. The molecule has 3 heteroatoms. The van der Waals surface area contributed by atoms with Gasteiger partial charge in [0.25, 0.3) is 0 Å². The summed E-state index contributed by atoms with van der Waals surface area (Å²) in [5, 5.41) is 10.6. The van der Waals surface area contributed by atoms with Crippen LogP contribution in [0.2, 0.25) is 0 Å². The van der Waals surface area contributed by atoms with Crippen LogP contribution in [-0.2, 0) is 5.75 Å². The number of aromatic hydroxyl groups is 1. The molecule has 2 atom stereocenters. The van der Waals surface area contributed by atoms with Crippen LogP contribution in [-0.4, -0.2) is 11.7 Å². The Kier molecular flexibility index (Phi) is 4.66. The van der Waals surface area contributed by atoms with Crippen LogP contribution in [0.3, 0.4) is 0 Å². The van der Waals surface area contributed by atoms with E-state index in [1.807, 2.05) is 48.2 Å². The van der Waals surface area contributed by atoms with Crippen LogP contribution < -0.4 is 4.74 Å². The number of phenolic OH excluding ortho intramolecular Hbond substituents is 1. The monoisotopic (exact) mass is 348 g/mol. The van der Waals surface area contributed by atoms with Gasteiger partial charge in [0.15, 0.2) is 0 Å². The predicted molar refractivity (Wildman–Crippen MR) is 103 cm³/mol. The number of thioether (sulfide) groups is 1. The molecule has 0 unspecified atom stereocenters. The maximum Gasteiger partial charge on any atom is 0.122 e. The molecule has 1 N–H and O–H groups in total. The Labute approximate surface area is 152 Å². The number of hydrogen-bond donors (Lipinski definition) is 1. The molecule has 0 bridgehead atoms. The lowest BCUT2D eigenvalue weighted by Crippen LogP contribution is -2.11. The average Bonchev–Trinajstić information content (AvgIpc) is 3.08. The van der Waals surface area contributed by atoms with Crippen LogP contribution in [0.4, 0.5) is 0 Å². The third-order valence-corrected chi connectivity index (χ3v) is 6.06. The predicted octanol–water partition coefficient (Wildman–Crippen LogP) is 5.54. The Hall–Kier alpha value is -2.39. The van der Waals surface area contributed by atoms with Gasteiger partial charge in [-0.15, -0.1) is 11.8 Å². The fourth-order valence-corrected chi connectivity index (χ4v) is 4.75. The van der Waals surface area contributed by atoms with E-state index in [-0.39, 0.29) is 11.2 Å². The zero-order chi connectivity index (χ0) is 17.1. The lowest BCUT2D eigenvalue weighted by molar-refractivity contribution is 0.327. The van der Waals surface area contributed by atoms with Crippen LogP contribution in [0, 0.1) is 0 Å². The summed E-state index contributed by atoms with van der Waals surface area (Å²) >= 11 is 1.86. The number of ether oxygens (including phenoxy) is 1. The van der Waals surface area contributed by atoms with E-state index in [0.29, 0.717) is 12.4 Å². The van der Waals surface area contributed by atoms with E-state index < -0.39 is 0 Å². The summed E-state index contributed by atoms with van der Waals surface area (Å²) in [5.74, 6) is 2.46. The first-order valence-electron chi connectivity index (χ1n) is 8.48. The average molecular weight is 348 g/mol. The highest BCUT2D eigenvalue weighted by Gasteiger charge is 2.33. The van der Waals surface area contributed by atoms with Crippen LogP contribution in [0.1, 0.15) is 27.9 Å². The largest absolute Gasteiger partial charge is 0.508 e. The molecule has 1 aliphatic rings. The SMILES string of the molecule is Oc1ccccc1[C@H](SCc1ccccc1)[C@H]1COc2ccccc21. The van der Waals surface area contributed by atoms with Gasteiger partial charge in [-0.1, -0.05) is 66.7 Å². The lowest BCUT2D eigenvalue weighted by Gasteiger charge is -2.24. The zero-order valence-corrected chi connectivity index (χ0v) is 14.7. The van der Waals surface area contributed by atoms with Crippen LogP contribution in [0.5, 0.6) is 11.5 Å². The molecule has 0 amide bonds. The van der Waals surface area contributed by atoms with Gasteiger partial charge in [-0.2, -0.15) is 0 Å². The Morgan fingerprint density at radius 1 is 0.920 bits per heavy atom. The highest BCUT2D eigenvalue weighted by molar-refractivity contribution is 7.98. The first-order chi connectivity index (χ1) is 12.3. The fourth-order valence-electron chi connectivity index (χ4n) is 3.35. The van der Waals surface area contributed by atoms with Crippen molar-refractivity contribution in [2.45, 2.75) is 16.9 Å². The van der Waals surface area contributed by atoms with Gasteiger partial charge in [0.2, 0.25) is 0 Å². The first kappa shape index (κ1) is 16.1. The summed E-state index contributed by atoms with van der Waals surface area (Å²) in [5.41, 5.74) is 3.50. The minimum absolute atomic E-state index is 0.144. The summed E-state index contributed by atoms with van der Waals surface area (Å²) in [6.07, 6.45) is 0. The van der Waals surface area contributed by atoms with E-state index in [1.165, 1.54) is 11.1 Å². The second-order valence-electron chi connectivity index (χ2n) is 6.23. The molecule has 0 saturated heterocycles. The second kappa shape index (κ2) is 7.24. The molecule has 0 saturated carbocycles. The number of phenols is 1. The third kappa shape index (κ3) is 3.38. The molecule has 0 spiro atoms. The molecule has 3 aromatic carbocycles. The van der Waals surface area contributed by atoms with Crippen molar-refractivity contribution in [1.29, 1.82) is 0 Å². The normalized spacial score (nSPS) is 16.9. The van der Waals surface area contributed by atoms with E-state index >= 15 is 0 Å². The summed E-state index contributed by atoms with van der Waals surface area (Å²) in [4.78, 5) is 0. The zero-order valence-electron chi connectivity index (χ0n) is 13.8. The molecule has 0 radical (unpaired) electrons. The van der Waals surface area contributed by atoms with Gasteiger partial charge in [0, 0.05) is 28.0 Å². The van der Waals surface area contributed by atoms with Gasteiger partial charge in [0.1, 0.15) is 11.5 Å². The van der Waals surface area contributed by atoms with Gasteiger partial charge in [-0.05, 0) is 17.7 Å². The maximum atomic E-state index is 10.4. The first-order valence-corrected chi connectivity index (χ1v) is 9.53. The number of fused-ring (bicyclic) bond motifs is 1. The minimum atomic E-state index is 0.144. The van der Waals surface area contributed by atoms with Gasteiger partial charge in [0.05, 0.1) is 6.61 Å². The van der Waals surface area contributed by atoms with Crippen molar-refractivity contribution in [1.82, 2.24) is 0 Å². The van der Waals surface area contributed by atoms with Crippen molar-refractivity contribution in [3.63, 3.8) is 0 Å². The molecule has 0 aliphatic carbocycles. The maximum absolute atomic E-state index is 10.4. The molecular weight excluding hydrogens is 328 g/mol. The molecule has 3 aromatic rings. The van der Waals surface area contributed by atoms with Crippen molar-refractivity contribution >= 4 is 11.8 Å². The lowest BCUT2D eigenvalue weighted by atomic mass is 9.92. The highest BCUT2D eigenvalue weighted by atomic mass is 32.2. The quantitative estimate of drug-likeness (QED) is 0.656. The molecule has 126 valence electrons. The second-order valence-corrected chi connectivity index (χ2v) is 7.36. The Balaban J connectivity index is 1.66. The molecule has 4 rings (SSSR count). The number of benzene rings is 3. The van der Waals surface area contributed by atoms with E-state index in [0.717, 1.165) is 17.1 Å². The third-order valence-electron chi connectivity index (χ3n) is 4.62. The van der Waals surface area contributed by atoms with E-state index in [1.54, 1.807) is 6.07 Å². The highest BCUT2D eigenvalue weighted by Crippen LogP contribution is 2.50. The van der Waals surface area contributed by atoms with Gasteiger partial charge >= 0.3 is 0 Å². The van der Waals surface area contributed by atoms with Crippen LogP contribution in [0.25, 0.3) is 0 Å². The van der Waals surface area contributed by atoms with Gasteiger partial charge < -0.3 is 9.84 Å². The standard InChI is InChI=1S/C22H20O2S/c23-20-12-6-4-11-18(20)22(25-15-16-8-2-1-3-9-16)19-14-24-21-13-7-5-10-17(19)21/h1-13,19,22-23H,14-15H2/t19-,22-/m0/s1. The van der Waals surface area contributed by atoms with Gasteiger partial charge in [-0.3, -0.25) is 0 Å². The summed E-state index contributed by atoms with van der Waals surface area (Å²) in [6.45, 7) is 0.653. The molecular formula is C22H20O2S. The molecule has 1 heterocycles. The molecule has 25 heavy (non-hydrogen) atoms. The van der Waals surface area contributed by atoms with E-state index in [2.05, 4.69) is 36.4 Å². The fraction of sp³-hybridized carbons (Fsp3) is 0.182. The van der Waals surface area contributed by atoms with Crippen molar-refractivity contribution in [2.75, 3.05) is 6.61 Å². The molecule has 0 aromatic heterocycles. The Morgan fingerprint density at radius 2 is 1.64 bits per heavy atom. The van der Waals surface area contributed by atoms with E-state index in [4.69, 9.17) is 4.74 Å². The molecule has 1 aliphatic heterocycles. The summed E-state index contributed by atoms with van der Waals surface area (Å²) in [7, 11) is 0. The van der Waals surface area contributed by atoms with Crippen molar-refractivity contribution in [2.24, 2.45) is 0 Å². The summed E-state index contributed by atoms with van der Waals surface area (Å²) in [6, 6.07) is 26.4. The van der Waals surface area contributed by atoms with Crippen LogP contribution >= 0.6 is 11.8 Å². The van der Waals surface area contributed by atoms with Crippen LogP contribution in [0.15, 0.2) is 78.9 Å². The topological polar surface area (TPSA) is 29.5 Å². The van der Waals surface area contributed by atoms with E-state index in [9.17, 15) is 5.11 Å².